The minimum atomic E-state index is 0.0771. The van der Waals surface area contributed by atoms with Gasteiger partial charge in [-0.2, -0.15) is 0 Å². The molecule has 5 aromatic rings. The number of hydrogen-bond donors (Lipinski definition) is 0. The minimum Gasteiger partial charge on any atom is -0.456 e. The zero-order chi connectivity index (χ0) is 26.5. The second-order valence-electron chi connectivity index (χ2n) is 10.7. The summed E-state index contributed by atoms with van der Waals surface area (Å²) < 4.78 is 9.09. The maximum Gasteiger partial charge on any atom is 0.136 e. The maximum atomic E-state index is 6.57. The molecule has 0 radical (unpaired) electrons. The Balaban J connectivity index is 1.32. The lowest BCUT2D eigenvalue weighted by Crippen LogP contribution is -2.07. The molecule has 3 aliphatic rings. The number of allylic oxidation sites excluding steroid dienone is 9. The predicted molar refractivity (Wildman–Crippen MR) is 167 cm³/mol. The number of ether oxygens (including phenoxy) is 1. The van der Waals surface area contributed by atoms with Crippen LogP contribution in [0.15, 0.2) is 139 Å². The van der Waals surface area contributed by atoms with E-state index in [1.807, 2.05) is 0 Å². The Bertz CT molecular complexity index is 1950. The first kappa shape index (κ1) is 23.1. The number of para-hydroxylation sites is 2. The highest BCUT2D eigenvalue weighted by Gasteiger charge is 2.30. The molecule has 0 saturated heterocycles. The van der Waals surface area contributed by atoms with E-state index in [9.17, 15) is 0 Å². The highest BCUT2D eigenvalue weighted by molar-refractivity contribution is 6.03. The molecule has 1 atom stereocenters. The van der Waals surface area contributed by atoms with Crippen LogP contribution in [-0.2, 0) is 0 Å². The molecular weight excluding hydrogens is 486 g/mol. The molecule has 0 fully saturated rings. The molecule has 2 heteroatoms. The van der Waals surface area contributed by atoms with Crippen LogP contribution in [0.3, 0.4) is 0 Å². The molecule has 0 bridgehead atoms. The summed E-state index contributed by atoms with van der Waals surface area (Å²) in [6.07, 6.45) is 18.9. The smallest absolute Gasteiger partial charge is 0.136 e. The molecule has 2 nitrogen and oxygen atoms in total. The van der Waals surface area contributed by atoms with E-state index in [0.717, 1.165) is 36.3 Å². The van der Waals surface area contributed by atoms with Crippen molar-refractivity contribution in [3.05, 3.63) is 150 Å². The molecule has 2 aliphatic carbocycles. The Morgan fingerprint density at radius 3 is 2.50 bits per heavy atom. The number of rotatable bonds is 2. The van der Waals surface area contributed by atoms with E-state index in [1.165, 1.54) is 49.6 Å². The molecule has 1 aliphatic heterocycles. The molecule has 4 aromatic carbocycles. The normalized spacial score (nSPS) is 20.8. The van der Waals surface area contributed by atoms with Crippen molar-refractivity contribution in [2.75, 3.05) is 0 Å². The zero-order valence-corrected chi connectivity index (χ0v) is 22.3. The molecule has 0 N–H and O–H groups in total. The number of fused-ring (bicyclic) bond motifs is 7. The number of hydrogen-bond acceptors (Lipinski definition) is 1. The van der Waals surface area contributed by atoms with Crippen LogP contribution < -0.4 is 4.74 Å². The van der Waals surface area contributed by atoms with E-state index in [2.05, 4.69) is 138 Å². The van der Waals surface area contributed by atoms with Crippen LogP contribution in [0, 0.1) is 0 Å². The van der Waals surface area contributed by atoms with Gasteiger partial charge in [-0.25, -0.2) is 0 Å². The van der Waals surface area contributed by atoms with Crippen molar-refractivity contribution >= 4 is 32.8 Å². The van der Waals surface area contributed by atoms with Crippen molar-refractivity contribution in [2.24, 2.45) is 0 Å². The fourth-order valence-corrected chi connectivity index (χ4v) is 6.63. The van der Waals surface area contributed by atoms with Gasteiger partial charge in [-0.15, -0.1) is 0 Å². The third kappa shape index (κ3) is 3.64. The first-order valence-corrected chi connectivity index (χ1v) is 14.2. The van der Waals surface area contributed by atoms with Gasteiger partial charge < -0.3 is 9.30 Å². The Morgan fingerprint density at radius 2 is 1.52 bits per heavy atom. The number of nitrogens with zero attached hydrogens (tertiary/aromatic N) is 1. The third-order valence-corrected chi connectivity index (χ3v) is 8.41. The SMILES string of the molecule is C1=CC2=C(CC1)c1c(n(C3/C=C\C=C(\c4cccc5ccccc45)C/C=C/3)c3ccccc13)-c1ccccc1O2. The molecule has 2 heterocycles. The average molecular weight is 516 g/mol. The summed E-state index contributed by atoms with van der Waals surface area (Å²) in [6.45, 7) is 0. The largest absolute Gasteiger partial charge is 0.456 e. The van der Waals surface area contributed by atoms with E-state index in [4.69, 9.17) is 4.74 Å². The van der Waals surface area contributed by atoms with Crippen LogP contribution in [0.5, 0.6) is 5.75 Å². The van der Waals surface area contributed by atoms with Crippen LogP contribution in [0.1, 0.15) is 36.4 Å². The van der Waals surface area contributed by atoms with E-state index >= 15 is 0 Å². The minimum absolute atomic E-state index is 0.0771. The Kier molecular flexibility index (Phi) is 5.44. The second kappa shape index (κ2) is 9.43. The summed E-state index contributed by atoms with van der Waals surface area (Å²) in [4.78, 5) is 0. The standard InChI is InChI=1S/C38H29NO/c1-2-18-29-26(12-1)15-11-22-30(29)27-13-9-16-28(17-10-14-27)39-34-23-6-3-19-31(34)37-32-20-4-7-24-35(32)40-36-25-8-5-21-33(36)38(37)39/h1-3,5-13,15-19,21-25,28H,4,14,20H2/b16-9-,17-10+,27-13+. The first-order chi connectivity index (χ1) is 19.9. The monoisotopic (exact) mass is 515 g/mol. The molecule has 40 heavy (non-hydrogen) atoms. The lowest BCUT2D eigenvalue weighted by Gasteiger charge is -2.20. The van der Waals surface area contributed by atoms with Gasteiger partial charge in [0.1, 0.15) is 11.5 Å². The van der Waals surface area contributed by atoms with Gasteiger partial charge in [-0.3, -0.25) is 0 Å². The van der Waals surface area contributed by atoms with Gasteiger partial charge in [0.15, 0.2) is 0 Å². The fourth-order valence-electron chi connectivity index (χ4n) is 6.63. The lowest BCUT2D eigenvalue weighted by atomic mass is 9.92. The van der Waals surface area contributed by atoms with Crippen LogP contribution in [-0.4, -0.2) is 4.57 Å². The highest BCUT2D eigenvalue weighted by Crippen LogP contribution is 2.49. The Hall–Kier alpha value is -4.82. The third-order valence-electron chi connectivity index (χ3n) is 8.41. The molecule has 0 saturated carbocycles. The van der Waals surface area contributed by atoms with Gasteiger partial charge in [0, 0.05) is 27.6 Å². The van der Waals surface area contributed by atoms with E-state index < -0.39 is 0 Å². The summed E-state index contributed by atoms with van der Waals surface area (Å²) in [5.74, 6) is 1.90. The van der Waals surface area contributed by atoms with Crippen molar-refractivity contribution in [3.8, 4) is 17.0 Å². The second-order valence-corrected chi connectivity index (χ2v) is 10.7. The van der Waals surface area contributed by atoms with Crippen LogP contribution in [0.2, 0.25) is 0 Å². The summed E-state index contributed by atoms with van der Waals surface area (Å²) >= 11 is 0. The van der Waals surface area contributed by atoms with Gasteiger partial charge in [0.2, 0.25) is 0 Å². The molecular formula is C38H29NO. The maximum absolute atomic E-state index is 6.57. The molecule has 1 unspecified atom stereocenters. The quantitative estimate of drug-likeness (QED) is 0.213. The number of benzene rings is 4. The summed E-state index contributed by atoms with van der Waals surface area (Å²) in [6, 6.07) is 32.7. The van der Waals surface area contributed by atoms with Gasteiger partial charge >= 0.3 is 0 Å². The molecule has 192 valence electrons. The molecule has 0 amide bonds. The Labute approximate surface area is 234 Å². The highest BCUT2D eigenvalue weighted by atomic mass is 16.5. The van der Waals surface area contributed by atoms with Gasteiger partial charge in [-0.05, 0) is 65.4 Å². The van der Waals surface area contributed by atoms with E-state index in [1.54, 1.807) is 0 Å². The fraction of sp³-hybridized carbons (Fsp3) is 0.105. The molecule has 8 rings (SSSR count). The summed E-state index contributed by atoms with van der Waals surface area (Å²) in [5.41, 5.74) is 8.91. The van der Waals surface area contributed by atoms with Crippen molar-refractivity contribution in [3.63, 3.8) is 0 Å². The van der Waals surface area contributed by atoms with E-state index in [-0.39, 0.29) is 6.04 Å². The average Bonchev–Trinajstić information content (AvgIpc) is 3.24. The van der Waals surface area contributed by atoms with Gasteiger partial charge in [0.25, 0.3) is 0 Å². The van der Waals surface area contributed by atoms with E-state index in [0.29, 0.717) is 0 Å². The zero-order valence-electron chi connectivity index (χ0n) is 22.3. The topological polar surface area (TPSA) is 14.2 Å². The van der Waals surface area contributed by atoms with Crippen molar-refractivity contribution < 1.29 is 4.74 Å². The summed E-state index contributed by atoms with van der Waals surface area (Å²) in [5, 5.41) is 3.87. The van der Waals surface area contributed by atoms with Crippen LogP contribution >= 0.6 is 0 Å². The first-order valence-electron chi connectivity index (χ1n) is 14.2. The van der Waals surface area contributed by atoms with Crippen molar-refractivity contribution in [1.29, 1.82) is 0 Å². The Morgan fingerprint density at radius 1 is 0.725 bits per heavy atom. The molecule has 1 aromatic heterocycles. The number of aromatic nitrogens is 1. The summed E-state index contributed by atoms with van der Waals surface area (Å²) in [7, 11) is 0. The van der Waals surface area contributed by atoms with Gasteiger partial charge in [0.05, 0.1) is 11.7 Å². The van der Waals surface area contributed by atoms with Gasteiger partial charge in [-0.1, -0.05) is 109 Å². The van der Waals surface area contributed by atoms with Crippen molar-refractivity contribution in [1.82, 2.24) is 4.57 Å². The molecule has 0 spiro atoms. The predicted octanol–water partition coefficient (Wildman–Crippen LogP) is 10.1. The van der Waals surface area contributed by atoms with Crippen LogP contribution in [0.4, 0.5) is 0 Å². The lowest BCUT2D eigenvalue weighted by molar-refractivity contribution is 0.446. The van der Waals surface area contributed by atoms with Crippen molar-refractivity contribution in [2.45, 2.75) is 25.3 Å². The van der Waals surface area contributed by atoms with Crippen LogP contribution in [0.25, 0.3) is 44.1 Å².